The molecule has 0 aliphatic carbocycles. The lowest BCUT2D eigenvalue weighted by Gasteiger charge is -2.09. The number of nitrogens with zero attached hydrogens (tertiary/aromatic N) is 2. The topological polar surface area (TPSA) is 98.3 Å². The van der Waals surface area contributed by atoms with Gasteiger partial charge in [-0.2, -0.15) is 0 Å². The number of aryl methyl sites for hydroxylation is 1. The van der Waals surface area contributed by atoms with Gasteiger partial charge < -0.3 is 5.32 Å². The average molecular weight is 253 g/mol. The molecule has 1 aromatic carbocycles. The van der Waals surface area contributed by atoms with Crippen LogP contribution >= 0.6 is 0 Å². The van der Waals surface area contributed by atoms with Gasteiger partial charge in [-0.15, -0.1) is 0 Å². The minimum atomic E-state index is -0.632. The number of nitro groups is 2. The van der Waals surface area contributed by atoms with E-state index in [1.54, 1.807) is 0 Å². The van der Waals surface area contributed by atoms with Crippen LogP contribution in [0.15, 0.2) is 18.2 Å². The van der Waals surface area contributed by atoms with Gasteiger partial charge in [0.05, 0.1) is 15.9 Å². The molecule has 7 nitrogen and oxygen atoms in total. The normalized spacial score (nSPS) is 12.1. The zero-order valence-corrected chi connectivity index (χ0v) is 10.3. The third kappa shape index (κ3) is 3.49. The number of nitro benzene ring substituents is 2. The highest BCUT2D eigenvalue weighted by molar-refractivity contribution is 5.49. The molecule has 0 saturated heterocycles. The molecule has 1 rings (SSSR count). The molecule has 7 heteroatoms. The first-order valence-electron chi connectivity index (χ1n) is 5.54. The molecule has 0 radical (unpaired) electrons. The van der Waals surface area contributed by atoms with Crippen molar-refractivity contribution in [3.05, 3.63) is 44.0 Å². The molecule has 1 unspecified atom stereocenters. The van der Waals surface area contributed by atoms with Crippen LogP contribution in [0.4, 0.5) is 11.4 Å². The van der Waals surface area contributed by atoms with E-state index in [-0.39, 0.29) is 17.4 Å². The van der Waals surface area contributed by atoms with Crippen LogP contribution in [0.5, 0.6) is 0 Å². The number of hydrogen-bond donors (Lipinski definition) is 1. The summed E-state index contributed by atoms with van der Waals surface area (Å²) in [7, 11) is 1.81. The largest absolute Gasteiger partial charge is 0.317 e. The van der Waals surface area contributed by atoms with Crippen molar-refractivity contribution in [2.24, 2.45) is 0 Å². The molecule has 0 amide bonds. The van der Waals surface area contributed by atoms with E-state index in [1.165, 1.54) is 12.1 Å². The Morgan fingerprint density at radius 3 is 2.44 bits per heavy atom. The highest BCUT2D eigenvalue weighted by Crippen LogP contribution is 2.25. The van der Waals surface area contributed by atoms with Crippen LogP contribution in [0.25, 0.3) is 0 Å². The number of benzene rings is 1. The Kier molecular flexibility index (Phi) is 4.73. The van der Waals surface area contributed by atoms with Gasteiger partial charge in [-0.05, 0) is 32.9 Å². The molecule has 0 aromatic heterocycles. The van der Waals surface area contributed by atoms with E-state index in [9.17, 15) is 20.2 Å². The third-order valence-electron chi connectivity index (χ3n) is 2.82. The smallest absolute Gasteiger partial charge is 0.279 e. The Morgan fingerprint density at radius 1 is 1.28 bits per heavy atom. The number of nitrogens with one attached hydrogen (secondary N) is 1. The number of hydrogen-bond acceptors (Lipinski definition) is 5. The lowest BCUT2D eigenvalue weighted by atomic mass is 10.0. The van der Waals surface area contributed by atoms with Crippen molar-refractivity contribution in [3.8, 4) is 0 Å². The zero-order chi connectivity index (χ0) is 13.7. The molecule has 0 aliphatic heterocycles. The van der Waals surface area contributed by atoms with Crippen molar-refractivity contribution in [1.29, 1.82) is 0 Å². The summed E-state index contributed by atoms with van der Waals surface area (Å²) in [6, 6.07) is 4.00. The predicted octanol–water partition coefficient (Wildman–Crippen LogP) is 2.04. The van der Waals surface area contributed by atoms with Crippen molar-refractivity contribution in [2.45, 2.75) is 25.8 Å². The highest BCUT2D eigenvalue weighted by atomic mass is 16.6. The Hall–Kier alpha value is -2.02. The van der Waals surface area contributed by atoms with Gasteiger partial charge in [0.25, 0.3) is 11.4 Å². The van der Waals surface area contributed by atoms with Crippen molar-refractivity contribution in [1.82, 2.24) is 5.32 Å². The van der Waals surface area contributed by atoms with E-state index in [4.69, 9.17) is 0 Å². The van der Waals surface area contributed by atoms with Gasteiger partial charge in [-0.3, -0.25) is 20.2 Å². The molecule has 0 saturated carbocycles. The number of rotatable bonds is 6. The first-order chi connectivity index (χ1) is 8.45. The third-order valence-corrected chi connectivity index (χ3v) is 2.82. The zero-order valence-electron chi connectivity index (χ0n) is 10.3. The van der Waals surface area contributed by atoms with E-state index >= 15 is 0 Å². The van der Waals surface area contributed by atoms with Crippen LogP contribution in [-0.2, 0) is 6.42 Å². The van der Waals surface area contributed by atoms with Crippen LogP contribution in [-0.4, -0.2) is 22.9 Å². The van der Waals surface area contributed by atoms with Crippen molar-refractivity contribution in [3.63, 3.8) is 0 Å². The monoisotopic (exact) mass is 253 g/mol. The van der Waals surface area contributed by atoms with Crippen molar-refractivity contribution in [2.75, 3.05) is 7.05 Å². The lowest BCUT2D eigenvalue weighted by molar-refractivity contribution is -0.394. The summed E-state index contributed by atoms with van der Waals surface area (Å²) >= 11 is 0. The molecule has 18 heavy (non-hydrogen) atoms. The van der Waals surface area contributed by atoms with Gasteiger partial charge in [-0.1, -0.05) is 0 Å². The predicted molar refractivity (Wildman–Crippen MR) is 66.6 cm³/mol. The fourth-order valence-electron chi connectivity index (χ4n) is 1.56. The summed E-state index contributed by atoms with van der Waals surface area (Å²) in [4.78, 5) is 20.2. The Bertz CT molecular complexity index is 462. The average Bonchev–Trinajstić information content (AvgIpc) is 2.35. The quantitative estimate of drug-likeness (QED) is 0.617. The van der Waals surface area contributed by atoms with Crippen LogP contribution in [0.3, 0.4) is 0 Å². The molecule has 0 bridgehead atoms. The maximum Gasteiger partial charge on any atom is 0.279 e. The van der Waals surface area contributed by atoms with Crippen molar-refractivity contribution < 1.29 is 9.85 Å². The second-order valence-corrected chi connectivity index (χ2v) is 4.06. The molecule has 1 aromatic rings. The first-order valence-corrected chi connectivity index (χ1v) is 5.54. The molecule has 0 fully saturated rings. The van der Waals surface area contributed by atoms with Crippen LogP contribution in [0.1, 0.15) is 18.9 Å². The summed E-state index contributed by atoms with van der Waals surface area (Å²) in [6.07, 6.45) is 1.24. The van der Waals surface area contributed by atoms with Crippen LogP contribution in [0, 0.1) is 20.2 Å². The van der Waals surface area contributed by atoms with Crippen LogP contribution < -0.4 is 5.32 Å². The summed E-state index contributed by atoms with van der Waals surface area (Å²) < 4.78 is 0. The fraction of sp³-hybridized carbons (Fsp3) is 0.455. The molecular weight excluding hydrogens is 238 g/mol. The molecule has 1 N–H and O–H groups in total. The van der Waals surface area contributed by atoms with Gasteiger partial charge in [0.2, 0.25) is 0 Å². The fourth-order valence-corrected chi connectivity index (χ4v) is 1.56. The van der Waals surface area contributed by atoms with E-state index in [0.29, 0.717) is 12.0 Å². The SMILES string of the molecule is CNC(C)CCc1ccc([N+](=O)[O-])cc1[N+](=O)[O-]. The van der Waals surface area contributed by atoms with Crippen molar-refractivity contribution >= 4 is 11.4 Å². The summed E-state index contributed by atoms with van der Waals surface area (Å²) in [5.41, 5.74) is 0.0762. The maximum absolute atomic E-state index is 10.9. The number of non-ortho nitro benzene ring substituents is 1. The highest BCUT2D eigenvalue weighted by Gasteiger charge is 2.19. The van der Waals surface area contributed by atoms with Crippen LogP contribution in [0.2, 0.25) is 0 Å². The lowest BCUT2D eigenvalue weighted by Crippen LogP contribution is -2.21. The Morgan fingerprint density at radius 2 is 1.94 bits per heavy atom. The van der Waals surface area contributed by atoms with Gasteiger partial charge in [-0.25, -0.2) is 0 Å². The Balaban J connectivity index is 2.97. The minimum absolute atomic E-state index is 0.187. The molecule has 1 atom stereocenters. The van der Waals surface area contributed by atoms with Gasteiger partial charge >= 0.3 is 0 Å². The second-order valence-electron chi connectivity index (χ2n) is 4.06. The Labute approximate surface area is 104 Å². The van der Waals surface area contributed by atoms with E-state index in [2.05, 4.69) is 5.32 Å². The molecule has 0 heterocycles. The summed E-state index contributed by atoms with van der Waals surface area (Å²) in [5.74, 6) is 0. The molecular formula is C11H15N3O4. The van der Waals surface area contributed by atoms with Gasteiger partial charge in [0.1, 0.15) is 0 Å². The van der Waals surface area contributed by atoms with Gasteiger partial charge in [0.15, 0.2) is 0 Å². The maximum atomic E-state index is 10.9. The minimum Gasteiger partial charge on any atom is -0.317 e. The molecule has 0 spiro atoms. The molecule has 98 valence electrons. The van der Waals surface area contributed by atoms with E-state index in [1.807, 2.05) is 14.0 Å². The van der Waals surface area contributed by atoms with E-state index in [0.717, 1.165) is 12.5 Å². The summed E-state index contributed by atoms with van der Waals surface area (Å²) in [5, 5.41) is 24.5. The molecule has 0 aliphatic rings. The standard InChI is InChI=1S/C11H15N3O4/c1-8(12-2)3-4-9-5-6-10(13(15)16)7-11(9)14(17)18/h5-8,12H,3-4H2,1-2H3. The van der Waals surface area contributed by atoms with E-state index < -0.39 is 9.85 Å². The first kappa shape index (κ1) is 14.0. The second kappa shape index (κ2) is 6.06. The van der Waals surface area contributed by atoms with Gasteiger partial charge in [0, 0.05) is 17.7 Å². The summed E-state index contributed by atoms with van der Waals surface area (Å²) in [6.45, 7) is 1.97.